The van der Waals surface area contributed by atoms with Gasteiger partial charge in [-0.3, -0.25) is 0 Å². The Balaban J connectivity index is 2.38. The molecule has 16 heavy (non-hydrogen) atoms. The molecule has 0 unspecified atom stereocenters. The van der Waals surface area contributed by atoms with E-state index in [4.69, 9.17) is 0 Å². The van der Waals surface area contributed by atoms with Crippen molar-refractivity contribution in [2.75, 3.05) is 0 Å². The molecule has 0 aliphatic rings. The lowest BCUT2D eigenvalue weighted by atomic mass is 10.0. The van der Waals surface area contributed by atoms with E-state index >= 15 is 0 Å². The molecule has 2 aromatic rings. The van der Waals surface area contributed by atoms with Gasteiger partial charge in [0.2, 0.25) is 0 Å². The molecule has 0 saturated heterocycles. The van der Waals surface area contributed by atoms with Crippen molar-refractivity contribution in [2.24, 2.45) is 0 Å². The lowest BCUT2D eigenvalue weighted by molar-refractivity contribution is 1.54. The average Bonchev–Trinajstić information content (AvgIpc) is 2.38. The summed E-state index contributed by atoms with van der Waals surface area (Å²) in [7, 11) is 0. The highest BCUT2D eigenvalue weighted by molar-refractivity contribution is 5.70. The molecular weight excluding hydrogens is 192 g/mol. The molecule has 0 heteroatoms. The van der Waals surface area contributed by atoms with Gasteiger partial charge in [0.1, 0.15) is 0 Å². The highest BCUT2D eigenvalue weighted by Crippen LogP contribution is 2.15. The van der Waals surface area contributed by atoms with Gasteiger partial charge in [-0.1, -0.05) is 67.2 Å². The van der Waals surface area contributed by atoms with Crippen LogP contribution in [0.1, 0.15) is 11.1 Å². The largest absolute Gasteiger partial charge is 0.0905 e. The van der Waals surface area contributed by atoms with Gasteiger partial charge in [-0.25, -0.2) is 0 Å². The van der Waals surface area contributed by atoms with Gasteiger partial charge in [0.05, 0.1) is 0 Å². The van der Waals surface area contributed by atoms with Gasteiger partial charge in [-0.15, -0.1) is 0 Å². The maximum Gasteiger partial charge on any atom is -0.00143 e. The second-order valence-corrected chi connectivity index (χ2v) is 3.41. The molecule has 2 rings (SSSR count). The molecule has 0 aromatic heterocycles. The first-order valence-corrected chi connectivity index (χ1v) is 5.17. The Kier molecular flexibility index (Phi) is 3.35. The van der Waals surface area contributed by atoms with Crippen molar-refractivity contribution in [3.05, 3.63) is 90.5 Å². The smallest absolute Gasteiger partial charge is 0.00143 e. The van der Waals surface area contributed by atoms with Crippen molar-refractivity contribution in [3.8, 4) is 0 Å². The lowest BCUT2D eigenvalue weighted by Crippen LogP contribution is -1.82. The molecule has 0 N–H and O–H groups in total. The van der Waals surface area contributed by atoms with Crippen LogP contribution in [0.3, 0.4) is 0 Å². The zero-order chi connectivity index (χ0) is 11.2. The minimum Gasteiger partial charge on any atom is -0.0905 e. The summed E-state index contributed by atoms with van der Waals surface area (Å²) in [5.74, 6) is 0. The highest BCUT2D eigenvalue weighted by atomic mass is 14.0. The summed E-state index contributed by atoms with van der Waals surface area (Å²) in [6, 6.07) is 20.1. The molecule has 0 atom stereocenters. The first kappa shape index (κ1) is 10.4. The number of rotatable bonds is 3. The van der Waals surface area contributed by atoms with Crippen molar-refractivity contribution >= 4 is 5.57 Å². The quantitative estimate of drug-likeness (QED) is 0.525. The van der Waals surface area contributed by atoms with Crippen LogP contribution in [-0.4, -0.2) is 0 Å². The molecule has 76 valence electrons. The summed E-state index contributed by atoms with van der Waals surface area (Å²) >= 11 is 0. The zero-order valence-corrected chi connectivity index (χ0v) is 8.98. The van der Waals surface area contributed by atoms with Gasteiger partial charge in [0.25, 0.3) is 0 Å². The van der Waals surface area contributed by atoms with E-state index in [9.17, 15) is 0 Å². The van der Waals surface area contributed by atoms with E-state index in [1.54, 1.807) is 0 Å². The molecule has 0 aliphatic carbocycles. The normalized spacial score (nSPS) is 11.1. The van der Waals surface area contributed by atoms with E-state index in [-0.39, 0.29) is 0 Å². The van der Waals surface area contributed by atoms with Crippen LogP contribution in [0.15, 0.2) is 67.2 Å². The topological polar surface area (TPSA) is 0 Å². The first-order chi connectivity index (χ1) is 7.90. The summed E-state index contributed by atoms with van der Waals surface area (Å²) in [5, 5.41) is 0. The standard InChI is InChI=1S/C16H12/c1-2-15(16-11-7-4-8-12-16)13-14-9-5-3-6-10-14/h3-12H,1H2. The third-order valence-electron chi connectivity index (χ3n) is 2.28. The van der Waals surface area contributed by atoms with E-state index in [0.717, 1.165) is 16.7 Å². The molecule has 0 nitrogen and oxygen atoms in total. The van der Waals surface area contributed by atoms with Crippen LogP contribution in [0, 0.1) is 12.2 Å². The first-order valence-electron chi connectivity index (χ1n) is 5.17. The predicted octanol–water partition coefficient (Wildman–Crippen LogP) is 3.91. The summed E-state index contributed by atoms with van der Waals surface area (Å²) in [6.07, 6.45) is 6.21. The molecule has 2 aromatic carbocycles. The van der Waals surface area contributed by atoms with Crippen LogP contribution >= 0.6 is 0 Å². The van der Waals surface area contributed by atoms with Crippen molar-refractivity contribution in [1.82, 2.24) is 0 Å². The van der Waals surface area contributed by atoms with Gasteiger partial charge < -0.3 is 0 Å². The maximum absolute atomic E-state index is 3.71. The molecule has 2 radical (unpaired) electrons. The van der Waals surface area contributed by atoms with Crippen LogP contribution in [0.25, 0.3) is 5.57 Å². The third kappa shape index (κ3) is 2.48. The van der Waals surface area contributed by atoms with E-state index in [0.29, 0.717) is 0 Å². The van der Waals surface area contributed by atoms with Crippen LogP contribution in [-0.2, 0) is 0 Å². The Morgan fingerprint density at radius 3 is 1.94 bits per heavy atom. The van der Waals surface area contributed by atoms with Gasteiger partial charge in [-0.2, -0.15) is 0 Å². The summed E-state index contributed by atoms with van der Waals surface area (Å²) in [6.45, 7) is 3.71. The van der Waals surface area contributed by atoms with E-state index in [1.165, 1.54) is 0 Å². The van der Waals surface area contributed by atoms with E-state index in [1.807, 2.05) is 60.7 Å². The Morgan fingerprint density at radius 1 is 0.812 bits per heavy atom. The van der Waals surface area contributed by atoms with E-state index < -0.39 is 0 Å². The van der Waals surface area contributed by atoms with Crippen LogP contribution in [0.4, 0.5) is 0 Å². The zero-order valence-electron chi connectivity index (χ0n) is 8.98. The molecule has 0 amide bonds. The SMILES string of the molecule is C=[C]/C(=[C]\c1ccccc1)c1ccccc1. The van der Waals surface area contributed by atoms with Crippen LogP contribution in [0.5, 0.6) is 0 Å². The number of benzene rings is 2. The molecule has 0 saturated carbocycles. The van der Waals surface area contributed by atoms with Gasteiger partial charge in [-0.05, 0) is 28.9 Å². The fourth-order valence-electron chi connectivity index (χ4n) is 1.49. The second kappa shape index (κ2) is 5.13. The third-order valence-corrected chi connectivity index (χ3v) is 2.28. The van der Waals surface area contributed by atoms with Crippen LogP contribution < -0.4 is 0 Å². The average molecular weight is 204 g/mol. The van der Waals surface area contributed by atoms with Gasteiger partial charge >= 0.3 is 0 Å². The molecule has 0 fully saturated rings. The van der Waals surface area contributed by atoms with Gasteiger partial charge in [0, 0.05) is 0 Å². The summed E-state index contributed by atoms with van der Waals surface area (Å²) < 4.78 is 0. The highest BCUT2D eigenvalue weighted by Gasteiger charge is 1.97. The Bertz CT molecular complexity index is 478. The Morgan fingerprint density at radius 2 is 1.38 bits per heavy atom. The lowest BCUT2D eigenvalue weighted by Gasteiger charge is -2.01. The van der Waals surface area contributed by atoms with Crippen molar-refractivity contribution in [2.45, 2.75) is 0 Å². The van der Waals surface area contributed by atoms with Crippen LogP contribution in [0.2, 0.25) is 0 Å². The van der Waals surface area contributed by atoms with Crippen molar-refractivity contribution < 1.29 is 0 Å². The minimum absolute atomic E-state index is 0.895. The molecule has 0 heterocycles. The fourth-order valence-corrected chi connectivity index (χ4v) is 1.49. The molecule has 0 spiro atoms. The summed E-state index contributed by atoms with van der Waals surface area (Å²) in [5.41, 5.74) is 3.02. The molecule has 0 bridgehead atoms. The minimum atomic E-state index is 0.895. The Hall–Kier alpha value is -2.08. The number of allylic oxidation sites excluding steroid dienone is 2. The number of hydrogen-bond acceptors (Lipinski definition) is 0. The fraction of sp³-hybridized carbons (Fsp3) is 0. The predicted molar refractivity (Wildman–Crippen MR) is 67.5 cm³/mol. The molecular formula is C16H12. The maximum atomic E-state index is 3.71. The van der Waals surface area contributed by atoms with E-state index in [2.05, 4.69) is 18.7 Å². The molecule has 0 aliphatic heterocycles. The van der Waals surface area contributed by atoms with Crippen molar-refractivity contribution in [1.29, 1.82) is 0 Å². The second-order valence-electron chi connectivity index (χ2n) is 3.41. The van der Waals surface area contributed by atoms with Crippen molar-refractivity contribution in [3.63, 3.8) is 0 Å². The monoisotopic (exact) mass is 204 g/mol. The van der Waals surface area contributed by atoms with Gasteiger partial charge in [0.15, 0.2) is 0 Å². The summed E-state index contributed by atoms with van der Waals surface area (Å²) in [4.78, 5) is 0. The number of hydrogen-bond donors (Lipinski definition) is 0. The Labute approximate surface area is 96.6 Å².